The number of hydrogen-bond acceptors (Lipinski definition) is 3. The number of benzene rings is 2. The molecule has 0 N–H and O–H groups in total. The molecule has 0 amide bonds. The molecule has 4 nitrogen and oxygen atoms in total. The molecule has 7 heteroatoms. The highest BCUT2D eigenvalue weighted by Crippen LogP contribution is 2.28. The normalized spacial score (nSPS) is 10.4. The quantitative estimate of drug-likeness (QED) is 0.319. The first-order chi connectivity index (χ1) is 10.0. The monoisotopic (exact) mass is 477 g/mol. The number of hydrogen-bond donors (Lipinski definition) is 0. The molecule has 2 rings (SSSR count). The summed E-state index contributed by atoms with van der Waals surface area (Å²) in [6, 6.07) is 10.6. The van der Waals surface area contributed by atoms with Crippen molar-refractivity contribution in [3.8, 4) is 5.75 Å². The lowest BCUT2D eigenvalue weighted by molar-refractivity contribution is -0.385. The van der Waals surface area contributed by atoms with Crippen LogP contribution in [0.5, 0.6) is 5.75 Å². The van der Waals surface area contributed by atoms with Gasteiger partial charge in [0.05, 0.1) is 10.5 Å². The van der Waals surface area contributed by atoms with Crippen LogP contribution in [0.2, 0.25) is 0 Å². The molecule has 21 heavy (non-hydrogen) atoms. The van der Waals surface area contributed by atoms with Crippen LogP contribution < -0.4 is 4.74 Å². The number of rotatable bonds is 5. The maximum absolute atomic E-state index is 11.1. The van der Waals surface area contributed by atoms with E-state index in [9.17, 15) is 10.1 Å². The molecule has 0 saturated carbocycles. The highest BCUT2D eigenvalue weighted by atomic mass is 79.9. The van der Waals surface area contributed by atoms with Gasteiger partial charge in [-0.2, -0.15) is 0 Å². The van der Waals surface area contributed by atoms with Gasteiger partial charge in [-0.05, 0) is 30.3 Å². The van der Waals surface area contributed by atoms with Gasteiger partial charge in [0.15, 0.2) is 0 Å². The maximum Gasteiger partial charge on any atom is 0.277 e. The van der Waals surface area contributed by atoms with E-state index in [1.165, 1.54) is 6.07 Å². The van der Waals surface area contributed by atoms with Crippen LogP contribution in [-0.2, 0) is 11.9 Å². The van der Waals surface area contributed by atoms with Gasteiger partial charge in [-0.1, -0.05) is 47.8 Å². The van der Waals surface area contributed by atoms with Crippen molar-refractivity contribution in [3.63, 3.8) is 0 Å². The molecule has 0 aliphatic carbocycles. The van der Waals surface area contributed by atoms with Crippen LogP contribution in [0.3, 0.4) is 0 Å². The van der Waals surface area contributed by atoms with Gasteiger partial charge in [-0.15, -0.1) is 0 Å². The van der Waals surface area contributed by atoms with E-state index in [2.05, 4.69) is 47.8 Å². The maximum atomic E-state index is 11.1. The highest BCUT2D eigenvalue weighted by molar-refractivity contribution is 9.10. The first kappa shape index (κ1) is 16.5. The van der Waals surface area contributed by atoms with E-state index in [-0.39, 0.29) is 12.3 Å². The third-order valence-electron chi connectivity index (χ3n) is 2.79. The number of ether oxygens (including phenoxy) is 1. The minimum Gasteiger partial charge on any atom is -0.488 e. The molecule has 0 radical (unpaired) electrons. The average molecular weight is 480 g/mol. The van der Waals surface area contributed by atoms with Gasteiger partial charge < -0.3 is 4.74 Å². The van der Waals surface area contributed by atoms with Crippen LogP contribution in [-0.4, -0.2) is 4.92 Å². The molecular weight excluding hydrogens is 470 g/mol. The summed E-state index contributed by atoms with van der Waals surface area (Å²) in [6.07, 6.45) is 0. The zero-order valence-electron chi connectivity index (χ0n) is 10.7. The van der Waals surface area contributed by atoms with Gasteiger partial charge in [0.2, 0.25) is 0 Å². The summed E-state index contributed by atoms with van der Waals surface area (Å²) in [5.41, 5.74) is 1.55. The van der Waals surface area contributed by atoms with Gasteiger partial charge in [-0.3, -0.25) is 10.1 Å². The van der Waals surface area contributed by atoms with Crippen molar-refractivity contribution in [1.29, 1.82) is 0 Å². The summed E-state index contributed by atoms with van der Waals surface area (Å²) in [5.74, 6) is 0.701. The van der Waals surface area contributed by atoms with E-state index in [0.29, 0.717) is 21.1 Å². The van der Waals surface area contributed by atoms with E-state index >= 15 is 0 Å². The van der Waals surface area contributed by atoms with Gasteiger partial charge in [0.25, 0.3) is 5.69 Å². The molecule has 0 aromatic heterocycles. The number of alkyl halides is 1. The van der Waals surface area contributed by atoms with E-state index in [1.807, 2.05) is 18.2 Å². The Labute approximate surface area is 147 Å². The summed E-state index contributed by atoms with van der Waals surface area (Å²) in [4.78, 5) is 10.7. The first-order valence-corrected chi connectivity index (χ1v) is 8.62. The van der Waals surface area contributed by atoms with Crippen molar-refractivity contribution in [2.45, 2.75) is 11.9 Å². The molecular formula is C14H10Br3NO3. The number of halogens is 3. The molecule has 0 aliphatic rings. The fourth-order valence-electron chi connectivity index (χ4n) is 1.78. The zero-order valence-corrected chi connectivity index (χ0v) is 15.4. The summed E-state index contributed by atoms with van der Waals surface area (Å²) in [5, 5.41) is 11.7. The number of nitrogens with zero attached hydrogens (tertiary/aromatic N) is 1. The van der Waals surface area contributed by atoms with Crippen molar-refractivity contribution in [3.05, 3.63) is 66.6 Å². The molecule has 0 unspecified atom stereocenters. The summed E-state index contributed by atoms with van der Waals surface area (Å²) in [7, 11) is 0. The first-order valence-electron chi connectivity index (χ1n) is 5.91. The minimum absolute atomic E-state index is 0.0434. The standard InChI is InChI=1S/C14H10Br3NO3/c15-7-10-5-11(16)3-4-14(10)21-8-9-1-2-12(17)6-13(9)18(19)20/h1-6H,7-8H2. The van der Waals surface area contributed by atoms with Crippen molar-refractivity contribution < 1.29 is 9.66 Å². The highest BCUT2D eigenvalue weighted by Gasteiger charge is 2.15. The van der Waals surface area contributed by atoms with Crippen LogP contribution in [0.1, 0.15) is 11.1 Å². The largest absolute Gasteiger partial charge is 0.488 e. The Kier molecular flexibility index (Phi) is 5.78. The third kappa shape index (κ3) is 4.28. The second-order valence-corrected chi connectivity index (χ2v) is 6.60. The Morgan fingerprint density at radius 1 is 1.05 bits per heavy atom. The van der Waals surface area contributed by atoms with Crippen molar-refractivity contribution in [1.82, 2.24) is 0 Å². The molecule has 0 aliphatic heterocycles. The molecule has 2 aromatic carbocycles. The number of nitro groups is 1. The van der Waals surface area contributed by atoms with Crippen molar-refractivity contribution in [2.75, 3.05) is 0 Å². The topological polar surface area (TPSA) is 52.4 Å². The van der Waals surface area contributed by atoms with E-state index in [1.54, 1.807) is 12.1 Å². The lowest BCUT2D eigenvalue weighted by Gasteiger charge is -2.11. The summed E-state index contributed by atoms with van der Waals surface area (Å²) in [6.45, 7) is 0.144. The lowest BCUT2D eigenvalue weighted by atomic mass is 10.2. The Morgan fingerprint density at radius 2 is 1.71 bits per heavy atom. The Hall–Kier alpha value is -0.920. The van der Waals surface area contributed by atoms with Crippen LogP contribution in [0.15, 0.2) is 45.3 Å². The molecule has 0 bridgehead atoms. The van der Waals surface area contributed by atoms with Crippen LogP contribution in [0, 0.1) is 10.1 Å². The zero-order chi connectivity index (χ0) is 15.4. The van der Waals surface area contributed by atoms with Gasteiger partial charge in [0, 0.05) is 25.9 Å². The Morgan fingerprint density at radius 3 is 2.38 bits per heavy atom. The van der Waals surface area contributed by atoms with Crippen LogP contribution >= 0.6 is 47.8 Å². The third-order valence-corrected chi connectivity index (χ3v) is 4.38. The summed E-state index contributed by atoms with van der Waals surface area (Å²) < 4.78 is 7.36. The number of nitro benzene ring substituents is 1. The lowest BCUT2D eigenvalue weighted by Crippen LogP contribution is -2.02. The predicted octanol–water partition coefficient (Wildman–Crippen LogP) is 5.59. The smallest absolute Gasteiger partial charge is 0.277 e. The second kappa shape index (κ2) is 7.38. The van der Waals surface area contributed by atoms with Crippen molar-refractivity contribution >= 4 is 53.5 Å². The molecule has 0 atom stereocenters. The van der Waals surface area contributed by atoms with E-state index < -0.39 is 4.92 Å². The van der Waals surface area contributed by atoms with Crippen LogP contribution in [0.25, 0.3) is 0 Å². The molecule has 110 valence electrons. The molecule has 0 fully saturated rings. The fourth-order valence-corrected chi connectivity index (χ4v) is 2.97. The van der Waals surface area contributed by atoms with Gasteiger partial charge in [-0.25, -0.2) is 0 Å². The Bertz CT molecular complexity index is 677. The molecule has 0 spiro atoms. The second-order valence-electron chi connectivity index (χ2n) is 4.20. The van der Waals surface area contributed by atoms with Gasteiger partial charge in [0.1, 0.15) is 12.4 Å². The summed E-state index contributed by atoms with van der Waals surface area (Å²) >= 11 is 10.0. The SMILES string of the molecule is O=[N+]([O-])c1cc(Br)ccc1COc1ccc(Br)cc1CBr. The fraction of sp³-hybridized carbons (Fsp3) is 0.143. The van der Waals surface area contributed by atoms with Crippen molar-refractivity contribution in [2.24, 2.45) is 0 Å². The molecule has 0 heterocycles. The Balaban J connectivity index is 2.22. The predicted molar refractivity (Wildman–Crippen MR) is 91.9 cm³/mol. The van der Waals surface area contributed by atoms with Gasteiger partial charge >= 0.3 is 0 Å². The molecule has 2 aromatic rings. The minimum atomic E-state index is -0.406. The molecule has 0 saturated heterocycles. The average Bonchev–Trinajstić information content (AvgIpc) is 2.46. The van der Waals surface area contributed by atoms with E-state index in [4.69, 9.17) is 4.74 Å². The van der Waals surface area contributed by atoms with Crippen LogP contribution in [0.4, 0.5) is 5.69 Å². The van der Waals surface area contributed by atoms with E-state index in [0.717, 1.165) is 10.0 Å².